The van der Waals surface area contributed by atoms with Gasteiger partial charge >= 0.3 is 0 Å². The summed E-state index contributed by atoms with van der Waals surface area (Å²) in [7, 11) is 0. The van der Waals surface area contributed by atoms with E-state index in [2.05, 4.69) is 11.9 Å². The Kier molecular flexibility index (Phi) is 3.67. The first-order valence-corrected chi connectivity index (χ1v) is 6.72. The average Bonchev–Trinajstić information content (AvgIpc) is 2.63. The number of rotatable bonds is 3. The maximum Gasteiger partial charge on any atom is 0.103 e. The van der Waals surface area contributed by atoms with Gasteiger partial charge in [-0.3, -0.25) is 0 Å². The van der Waals surface area contributed by atoms with Gasteiger partial charge in [-0.1, -0.05) is 23.7 Å². The van der Waals surface area contributed by atoms with E-state index in [-0.39, 0.29) is 0 Å². The van der Waals surface area contributed by atoms with Gasteiger partial charge in [0, 0.05) is 16.0 Å². The van der Waals surface area contributed by atoms with Crippen molar-refractivity contribution in [1.82, 2.24) is 4.98 Å². The van der Waals surface area contributed by atoms with Crippen LogP contribution in [0.15, 0.2) is 35.4 Å². The summed E-state index contributed by atoms with van der Waals surface area (Å²) in [6.45, 7) is 2.07. The van der Waals surface area contributed by atoms with E-state index in [0.717, 1.165) is 20.7 Å². The zero-order valence-corrected chi connectivity index (χ0v) is 10.6. The molecule has 2 aromatic rings. The van der Waals surface area contributed by atoms with Crippen LogP contribution >= 0.6 is 34.7 Å². The first kappa shape index (κ1) is 11.0. The fraction of sp³-hybridized carbons (Fsp3) is 0.182. The molecule has 2 rings (SSSR count). The second-order valence-electron chi connectivity index (χ2n) is 3.08. The van der Waals surface area contributed by atoms with Crippen molar-refractivity contribution in [3.63, 3.8) is 0 Å². The Bertz CT molecular complexity index is 453. The molecule has 78 valence electrons. The second kappa shape index (κ2) is 5.01. The van der Waals surface area contributed by atoms with E-state index >= 15 is 0 Å². The zero-order chi connectivity index (χ0) is 10.7. The van der Waals surface area contributed by atoms with E-state index in [0.29, 0.717) is 0 Å². The van der Waals surface area contributed by atoms with Crippen molar-refractivity contribution in [2.75, 3.05) is 0 Å². The van der Waals surface area contributed by atoms with Crippen LogP contribution in [0.1, 0.15) is 9.88 Å². The third-order valence-corrected chi connectivity index (χ3v) is 4.48. The molecule has 0 spiro atoms. The van der Waals surface area contributed by atoms with E-state index in [9.17, 15) is 0 Å². The summed E-state index contributed by atoms with van der Waals surface area (Å²) >= 11 is 9.53. The summed E-state index contributed by atoms with van der Waals surface area (Å²) in [4.78, 5) is 6.69. The van der Waals surface area contributed by atoms with Gasteiger partial charge in [-0.15, -0.1) is 23.1 Å². The van der Waals surface area contributed by atoms with Crippen LogP contribution in [0.2, 0.25) is 5.02 Å². The van der Waals surface area contributed by atoms with Gasteiger partial charge in [0.25, 0.3) is 0 Å². The molecule has 0 atom stereocenters. The molecular formula is C11H10ClNS2. The van der Waals surface area contributed by atoms with Gasteiger partial charge in [-0.2, -0.15) is 0 Å². The number of halogens is 1. The van der Waals surface area contributed by atoms with Crippen LogP contribution in [-0.2, 0) is 5.75 Å². The van der Waals surface area contributed by atoms with E-state index in [1.807, 2.05) is 30.5 Å². The Morgan fingerprint density at radius 1 is 1.40 bits per heavy atom. The maximum absolute atomic E-state index is 6.06. The number of benzene rings is 1. The highest BCUT2D eigenvalue weighted by molar-refractivity contribution is 7.98. The van der Waals surface area contributed by atoms with Crippen molar-refractivity contribution in [3.8, 4) is 0 Å². The predicted octanol–water partition coefficient (Wildman–Crippen LogP) is 4.40. The molecular weight excluding hydrogens is 246 g/mol. The number of nitrogens with zero attached hydrogens (tertiary/aromatic N) is 1. The van der Waals surface area contributed by atoms with E-state index in [1.54, 1.807) is 23.1 Å². The molecule has 0 amide bonds. The molecule has 1 aromatic heterocycles. The molecule has 4 heteroatoms. The first-order chi connectivity index (χ1) is 7.25. The lowest BCUT2D eigenvalue weighted by Crippen LogP contribution is -1.78. The standard InChI is InChI=1S/C11H10ClNS2/c1-8-6-13-11(15-8)7-14-10-5-3-2-4-9(10)12/h2-6H,7H2,1H3. The number of aryl methyl sites for hydroxylation is 1. The SMILES string of the molecule is Cc1cnc(CSc2ccccc2Cl)s1. The van der Waals surface area contributed by atoms with Crippen LogP contribution < -0.4 is 0 Å². The van der Waals surface area contributed by atoms with Gasteiger partial charge in [0.1, 0.15) is 5.01 Å². The highest BCUT2D eigenvalue weighted by Crippen LogP contribution is 2.30. The summed E-state index contributed by atoms with van der Waals surface area (Å²) in [6, 6.07) is 7.89. The minimum absolute atomic E-state index is 0.816. The van der Waals surface area contributed by atoms with Gasteiger partial charge in [0.05, 0.1) is 10.8 Å². The second-order valence-corrected chi connectivity index (χ2v) is 5.83. The third kappa shape index (κ3) is 2.97. The monoisotopic (exact) mass is 255 g/mol. The molecule has 15 heavy (non-hydrogen) atoms. The Morgan fingerprint density at radius 2 is 2.20 bits per heavy atom. The third-order valence-electron chi connectivity index (χ3n) is 1.86. The van der Waals surface area contributed by atoms with Gasteiger partial charge < -0.3 is 0 Å². The van der Waals surface area contributed by atoms with Crippen LogP contribution in [0.3, 0.4) is 0 Å². The molecule has 0 radical (unpaired) electrons. The van der Waals surface area contributed by atoms with Crippen LogP contribution in [0.4, 0.5) is 0 Å². The summed E-state index contributed by atoms with van der Waals surface area (Å²) in [5.41, 5.74) is 0. The Morgan fingerprint density at radius 3 is 2.87 bits per heavy atom. The molecule has 0 bridgehead atoms. The summed E-state index contributed by atoms with van der Waals surface area (Å²) in [6.07, 6.45) is 1.91. The topological polar surface area (TPSA) is 12.9 Å². The van der Waals surface area contributed by atoms with Crippen molar-refractivity contribution >= 4 is 34.7 Å². The highest BCUT2D eigenvalue weighted by atomic mass is 35.5. The Balaban J connectivity index is 2.02. The normalized spacial score (nSPS) is 10.5. The smallest absolute Gasteiger partial charge is 0.103 e. The number of thioether (sulfide) groups is 1. The molecule has 0 aliphatic heterocycles. The molecule has 0 saturated carbocycles. The van der Waals surface area contributed by atoms with Crippen molar-refractivity contribution in [1.29, 1.82) is 0 Å². The summed E-state index contributed by atoms with van der Waals surface area (Å²) in [5, 5.41) is 1.97. The lowest BCUT2D eigenvalue weighted by molar-refractivity contribution is 1.25. The van der Waals surface area contributed by atoms with Crippen LogP contribution in [0, 0.1) is 6.92 Å². The quantitative estimate of drug-likeness (QED) is 0.754. The molecule has 1 nitrogen and oxygen atoms in total. The molecule has 0 fully saturated rings. The highest BCUT2D eigenvalue weighted by Gasteiger charge is 2.02. The van der Waals surface area contributed by atoms with Crippen LogP contribution in [0.5, 0.6) is 0 Å². The van der Waals surface area contributed by atoms with Gasteiger partial charge in [-0.05, 0) is 19.1 Å². The van der Waals surface area contributed by atoms with Crippen molar-refractivity contribution in [2.24, 2.45) is 0 Å². The van der Waals surface area contributed by atoms with Gasteiger partial charge in [-0.25, -0.2) is 4.98 Å². The zero-order valence-electron chi connectivity index (χ0n) is 8.24. The van der Waals surface area contributed by atoms with Crippen molar-refractivity contribution in [2.45, 2.75) is 17.6 Å². The number of hydrogen-bond acceptors (Lipinski definition) is 3. The fourth-order valence-electron chi connectivity index (χ4n) is 1.17. The number of aromatic nitrogens is 1. The van der Waals surface area contributed by atoms with Crippen molar-refractivity contribution in [3.05, 3.63) is 45.4 Å². The van der Waals surface area contributed by atoms with Gasteiger partial charge in [0.15, 0.2) is 0 Å². The Hall–Kier alpha value is -0.510. The molecule has 1 heterocycles. The Labute approximate surface area is 103 Å². The molecule has 0 unspecified atom stereocenters. The van der Waals surface area contributed by atoms with Gasteiger partial charge in [0.2, 0.25) is 0 Å². The maximum atomic E-state index is 6.06. The van der Waals surface area contributed by atoms with Crippen molar-refractivity contribution < 1.29 is 0 Å². The van der Waals surface area contributed by atoms with E-state index in [4.69, 9.17) is 11.6 Å². The number of hydrogen-bond donors (Lipinski definition) is 0. The fourth-order valence-corrected chi connectivity index (χ4v) is 3.20. The lowest BCUT2D eigenvalue weighted by Gasteiger charge is -2.00. The summed E-state index contributed by atoms with van der Waals surface area (Å²) in [5.74, 6) is 0.891. The lowest BCUT2D eigenvalue weighted by atomic mass is 10.4. The molecule has 0 aliphatic rings. The van der Waals surface area contributed by atoms with E-state index in [1.165, 1.54) is 4.88 Å². The van der Waals surface area contributed by atoms with Crippen LogP contribution in [0.25, 0.3) is 0 Å². The first-order valence-electron chi connectivity index (χ1n) is 4.54. The van der Waals surface area contributed by atoms with E-state index < -0.39 is 0 Å². The van der Waals surface area contributed by atoms with Crippen LogP contribution in [-0.4, -0.2) is 4.98 Å². The number of thiazole rings is 1. The summed E-state index contributed by atoms with van der Waals surface area (Å²) < 4.78 is 0. The largest absolute Gasteiger partial charge is 0.249 e. The minimum Gasteiger partial charge on any atom is -0.249 e. The predicted molar refractivity (Wildman–Crippen MR) is 67.9 cm³/mol. The molecule has 1 aromatic carbocycles. The molecule has 0 N–H and O–H groups in total. The average molecular weight is 256 g/mol. The minimum atomic E-state index is 0.816. The molecule has 0 aliphatic carbocycles. The molecule has 0 saturated heterocycles.